The molecule has 0 saturated carbocycles. The van der Waals surface area contributed by atoms with Crippen molar-refractivity contribution in [3.05, 3.63) is 69.0 Å². The summed E-state index contributed by atoms with van der Waals surface area (Å²) in [4.78, 5) is 36.8. The Morgan fingerprint density at radius 2 is 1.88 bits per heavy atom. The van der Waals surface area contributed by atoms with Gasteiger partial charge in [0.25, 0.3) is 5.56 Å². The minimum Gasteiger partial charge on any atom is -0.463 e. The third kappa shape index (κ3) is 3.90. The van der Waals surface area contributed by atoms with E-state index < -0.39 is 41.8 Å². The molecule has 26 heavy (non-hydrogen) atoms. The van der Waals surface area contributed by atoms with Crippen LogP contribution in [0.4, 0.5) is 0 Å². The van der Waals surface area contributed by atoms with Gasteiger partial charge in [0.05, 0.1) is 6.42 Å². The molecule has 1 aromatic heterocycles. The summed E-state index contributed by atoms with van der Waals surface area (Å²) < 4.78 is 11.5. The highest BCUT2D eigenvalue weighted by molar-refractivity contribution is 5.72. The highest BCUT2D eigenvalue weighted by Crippen LogP contribution is 2.28. The van der Waals surface area contributed by atoms with Gasteiger partial charge < -0.3 is 19.7 Å². The molecule has 2 aromatic rings. The van der Waals surface area contributed by atoms with Crippen LogP contribution in [-0.2, 0) is 20.7 Å². The van der Waals surface area contributed by atoms with E-state index in [9.17, 15) is 24.6 Å². The molecule has 1 aliphatic heterocycles. The molecule has 0 spiro atoms. The van der Waals surface area contributed by atoms with E-state index in [-0.39, 0.29) is 13.0 Å². The highest BCUT2D eigenvalue weighted by atomic mass is 16.6. The van der Waals surface area contributed by atoms with Crippen molar-refractivity contribution in [1.29, 1.82) is 0 Å². The number of hydrogen-bond acceptors (Lipinski definition) is 7. The van der Waals surface area contributed by atoms with E-state index in [1.54, 1.807) is 24.3 Å². The third-order valence-electron chi connectivity index (χ3n) is 4.06. The molecule has 0 bridgehead atoms. The predicted octanol–water partition coefficient (Wildman–Crippen LogP) is -1.06. The van der Waals surface area contributed by atoms with E-state index in [0.29, 0.717) is 0 Å². The van der Waals surface area contributed by atoms with Crippen LogP contribution < -0.4 is 11.2 Å². The van der Waals surface area contributed by atoms with Crippen molar-refractivity contribution in [1.82, 2.24) is 9.55 Å². The van der Waals surface area contributed by atoms with Crippen LogP contribution in [0.15, 0.2) is 52.2 Å². The molecule has 0 radical (unpaired) electrons. The fourth-order valence-electron chi connectivity index (χ4n) is 2.71. The van der Waals surface area contributed by atoms with Crippen LogP contribution in [0.3, 0.4) is 0 Å². The molecule has 1 aromatic carbocycles. The van der Waals surface area contributed by atoms with Crippen LogP contribution in [0.2, 0.25) is 0 Å². The van der Waals surface area contributed by atoms with Crippen LogP contribution in [-0.4, -0.2) is 50.7 Å². The smallest absolute Gasteiger partial charge is 0.330 e. The number of hydrogen-bond donors (Lipinski definition) is 3. The van der Waals surface area contributed by atoms with Crippen molar-refractivity contribution < 1.29 is 24.5 Å². The zero-order valence-corrected chi connectivity index (χ0v) is 13.6. The molecule has 4 unspecified atom stereocenters. The van der Waals surface area contributed by atoms with Gasteiger partial charge in [0.1, 0.15) is 24.9 Å². The standard InChI is InChI=1S/C17H18N2O7/c20-12-6-7-19(17(24)18-12)16-15(23)14(22)11(26-16)9-25-13(21)8-10-4-2-1-3-5-10/h1-7,11,14-16,22-23H,8-9H2,(H,18,20,24). The van der Waals surface area contributed by atoms with Gasteiger partial charge in [0, 0.05) is 12.3 Å². The van der Waals surface area contributed by atoms with E-state index in [0.717, 1.165) is 22.4 Å². The number of H-pyrrole nitrogens is 1. The number of rotatable bonds is 5. The quantitative estimate of drug-likeness (QED) is 0.578. The number of nitrogens with zero attached hydrogens (tertiary/aromatic N) is 1. The van der Waals surface area contributed by atoms with E-state index in [1.807, 2.05) is 11.1 Å². The lowest BCUT2D eigenvalue weighted by molar-refractivity contribution is -0.149. The topological polar surface area (TPSA) is 131 Å². The Morgan fingerprint density at radius 1 is 1.15 bits per heavy atom. The van der Waals surface area contributed by atoms with Gasteiger partial charge in [0.15, 0.2) is 6.23 Å². The largest absolute Gasteiger partial charge is 0.463 e. The summed E-state index contributed by atoms with van der Waals surface area (Å²) in [5, 5.41) is 20.2. The fourth-order valence-corrected chi connectivity index (χ4v) is 2.71. The lowest BCUT2D eigenvalue weighted by Gasteiger charge is -2.16. The van der Waals surface area contributed by atoms with Gasteiger partial charge in [-0.15, -0.1) is 0 Å². The van der Waals surface area contributed by atoms with Crippen LogP contribution in [0, 0.1) is 0 Å². The first-order chi connectivity index (χ1) is 12.5. The number of aliphatic hydroxyl groups excluding tert-OH is 2. The van der Waals surface area contributed by atoms with Gasteiger partial charge in [-0.2, -0.15) is 0 Å². The molecule has 138 valence electrons. The Balaban J connectivity index is 1.62. The average molecular weight is 362 g/mol. The summed E-state index contributed by atoms with van der Waals surface area (Å²) in [7, 11) is 0. The summed E-state index contributed by atoms with van der Waals surface area (Å²) in [6.45, 7) is -0.279. The summed E-state index contributed by atoms with van der Waals surface area (Å²) >= 11 is 0. The van der Waals surface area contributed by atoms with Crippen molar-refractivity contribution in [2.75, 3.05) is 6.61 Å². The summed E-state index contributed by atoms with van der Waals surface area (Å²) in [5.74, 6) is -0.508. The molecule has 9 nitrogen and oxygen atoms in total. The second-order valence-electron chi connectivity index (χ2n) is 5.91. The summed E-state index contributed by atoms with van der Waals surface area (Å²) in [6, 6.07) is 10.1. The van der Waals surface area contributed by atoms with E-state index in [4.69, 9.17) is 9.47 Å². The molecule has 0 aliphatic carbocycles. The van der Waals surface area contributed by atoms with Crippen molar-refractivity contribution in [3.8, 4) is 0 Å². The Kier molecular flexibility index (Phi) is 5.31. The van der Waals surface area contributed by atoms with Crippen molar-refractivity contribution in [2.45, 2.75) is 31.0 Å². The molecule has 1 aliphatic rings. The molecule has 1 fully saturated rings. The number of carbonyl (C=O) groups is 1. The van der Waals surface area contributed by atoms with Crippen LogP contribution in [0.25, 0.3) is 0 Å². The second kappa shape index (κ2) is 7.65. The number of nitrogens with one attached hydrogen (secondary N) is 1. The predicted molar refractivity (Wildman–Crippen MR) is 88.4 cm³/mol. The zero-order valence-electron chi connectivity index (χ0n) is 13.6. The summed E-state index contributed by atoms with van der Waals surface area (Å²) in [5.41, 5.74) is -0.593. The van der Waals surface area contributed by atoms with Crippen LogP contribution in [0.1, 0.15) is 11.8 Å². The molecule has 2 heterocycles. The molecule has 3 rings (SSSR count). The maximum atomic E-state index is 11.9. The fraction of sp³-hybridized carbons (Fsp3) is 0.353. The molecule has 0 amide bonds. The van der Waals surface area contributed by atoms with Gasteiger partial charge in [0.2, 0.25) is 0 Å². The SMILES string of the molecule is O=C(Cc1ccccc1)OCC1OC(n2ccc(=O)[nH]c2=O)C(O)C1O. The van der Waals surface area contributed by atoms with Gasteiger partial charge in [-0.05, 0) is 5.56 Å². The van der Waals surface area contributed by atoms with Crippen molar-refractivity contribution >= 4 is 5.97 Å². The molecule has 3 N–H and O–H groups in total. The van der Waals surface area contributed by atoms with Crippen LogP contribution >= 0.6 is 0 Å². The normalized spacial score (nSPS) is 25.2. The first-order valence-corrected chi connectivity index (χ1v) is 7.98. The van der Waals surface area contributed by atoms with E-state index >= 15 is 0 Å². The molecule has 9 heteroatoms. The van der Waals surface area contributed by atoms with Crippen LogP contribution in [0.5, 0.6) is 0 Å². The zero-order chi connectivity index (χ0) is 18.7. The Bertz CT molecular complexity index is 876. The van der Waals surface area contributed by atoms with E-state index in [1.165, 1.54) is 0 Å². The maximum Gasteiger partial charge on any atom is 0.330 e. The highest BCUT2D eigenvalue weighted by Gasteiger charge is 2.44. The van der Waals surface area contributed by atoms with Gasteiger partial charge in [-0.25, -0.2) is 4.79 Å². The van der Waals surface area contributed by atoms with E-state index in [2.05, 4.69) is 0 Å². The van der Waals surface area contributed by atoms with Gasteiger partial charge in [-0.1, -0.05) is 30.3 Å². The molecular weight excluding hydrogens is 344 g/mol. The minimum absolute atomic E-state index is 0.0645. The van der Waals surface area contributed by atoms with Gasteiger partial charge >= 0.3 is 11.7 Å². The van der Waals surface area contributed by atoms with Gasteiger partial charge in [-0.3, -0.25) is 19.1 Å². The number of ether oxygens (including phenoxy) is 2. The first kappa shape index (κ1) is 18.1. The lowest BCUT2D eigenvalue weighted by atomic mass is 10.1. The number of aromatic amines is 1. The molecule has 1 saturated heterocycles. The van der Waals surface area contributed by atoms with Crippen molar-refractivity contribution in [2.24, 2.45) is 0 Å². The number of benzene rings is 1. The third-order valence-corrected chi connectivity index (χ3v) is 4.06. The lowest BCUT2D eigenvalue weighted by Crippen LogP contribution is -2.37. The number of esters is 1. The average Bonchev–Trinajstić information content (AvgIpc) is 2.89. The number of aliphatic hydroxyl groups is 2. The summed E-state index contributed by atoms with van der Waals surface area (Å²) in [6.07, 6.45) is -3.76. The number of carbonyl (C=O) groups excluding carboxylic acids is 1. The monoisotopic (exact) mass is 362 g/mol. The Hall–Kier alpha value is -2.75. The number of aromatic nitrogens is 2. The minimum atomic E-state index is -1.42. The molecular formula is C17H18N2O7. The second-order valence-corrected chi connectivity index (χ2v) is 5.91. The Morgan fingerprint density at radius 3 is 2.58 bits per heavy atom. The first-order valence-electron chi connectivity index (χ1n) is 7.98. The molecule has 4 atom stereocenters. The Labute approximate surface area is 147 Å². The maximum absolute atomic E-state index is 11.9. The van der Waals surface area contributed by atoms with Crippen molar-refractivity contribution in [3.63, 3.8) is 0 Å².